The van der Waals surface area contributed by atoms with Crippen molar-refractivity contribution in [2.45, 2.75) is 6.10 Å². The van der Waals surface area contributed by atoms with E-state index in [2.05, 4.69) is 15.6 Å². The number of hydrogen-bond donors (Lipinski definition) is 3. The Morgan fingerprint density at radius 2 is 2.10 bits per heavy atom. The van der Waals surface area contributed by atoms with Crippen LogP contribution >= 0.6 is 0 Å². The van der Waals surface area contributed by atoms with Crippen LogP contribution in [0.5, 0.6) is 0 Å². The van der Waals surface area contributed by atoms with E-state index in [-0.39, 0.29) is 18.0 Å². The number of benzene rings is 1. The fourth-order valence-electron chi connectivity index (χ4n) is 1.91. The number of aliphatic hydroxyl groups excluding tert-OH is 1. The second-order valence-electron chi connectivity index (χ2n) is 4.40. The Hall–Kier alpha value is -2.47. The standard InChI is InChI=1S/C15H16FN3O2/c1-17-15(21)11-6-4-8-18-14(11)19-9-13(20)10-5-2-3-7-12(10)16/h2-8,13,20H,9H2,1H3,(H,17,21)(H,18,19). The van der Waals surface area contributed by atoms with Gasteiger partial charge in [-0.25, -0.2) is 9.37 Å². The molecule has 1 amide bonds. The minimum Gasteiger partial charge on any atom is -0.386 e. The number of hydrogen-bond acceptors (Lipinski definition) is 4. The Labute approximate surface area is 121 Å². The van der Waals surface area contributed by atoms with Gasteiger partial charge in [-0.1, -0.05) is 18.2 Å². The van der Waals surface area contributed by atoms with E-state index in [1.165, 1.54) is 25.4 Å². The smallest absolute Gasteiger partial charge is 0.254 e. The number of amides is 1. The maximum atomic E-state index is 13.6. The van der Waals surface area contributed by atoms with Gasteiger partial charge in [0.2, 0.25) is 0 Å². The van der Waals surface area contributed by atoms with Crippen molar-refractivity contribution in [3.8, 4) is 0 Å². The summed E-state index contributed by atoms with van der Waals surface area (Å²) in [7, 11) is 1.52. The Morgan fingerprint density at radius 3 is 2.81 bits per heavy atom. The van der Waals surface area contributed by atoms with Crippen molar-refractivity contribution in [1.29, 1.82) is 0 Å². The van der Waals surface area contributed by atoms with Crippen LogP contribution in [0.4, 0.5) is 10.2 Å². The fraction of sp³-hybridized carbons (Fsp3) is 0.200. The molecule has 0 aliphatic carbocycles. The highest BCUT2D eigenvalue weighted by Gasteiger charge is 2.15. The summed E-state index contributed by atoms with van der Waals surface area (Å²) in [5, 5.41) is 15.4. The van der Waals surface area contributed by atoms with E-state index < -0.39 is 11.9 Å². The Balaban J connectivity index is 2.10. The molecule has 0 fully saturated rings. The summed E-state index contributed by atoms with van der Waals surface area (Å²) in [5.74, 6) is -0.419. The summed E-state index contributed by atoms with van der Waals surface area (Å²) in [6.45, 7) is 0.0436. The number of nitrogens with zero attached hydrogens (tertiary/aromatic N) is 1. The Bertz CT molecular complexity index is 634. The summed E-state index contributed by atoms with van der Waals surface area (Å²) in [4.78, 5) is 15.7. The highest BCUT2D eigenvalue weighted by atomic mass is 19.1. The van der Waals surface area contributed by atoms with Gasteiger partial charge in [-0.05, 0) is 18.2 Å². The van der Waals surface area contributed by atoms with Crippen molar-refractivity contribution < 1.29 is 14.3 Å². The second-order valence-corrected chi connectivity index (χ2v) is 4.40. The molecule has 21 heavy (non-hydrogen) atoms. The molecule has 1 aromatic heterocycles. The quantitative estimate of drug-likeness (QED) is 0.783. The predicted molar refractivity (Wildman–Crippen MR) is 77.5 cm³/mol. The van der Waals surface area contributed by atoms with Crippen LogP contribution in [0.1, 0.15) is 22.0 Å². The highest BCUT2D eigenvalue weighted by molar-refractivity contribution is 5.98. The number of carbonyl (C=O) groups excluding carboxylic acids is 1. The van der Waals surface area contributed by atoms with Gasteiger partial charge in [-0.3, -0.25) is 4.79 Å². The van der Waals surface area contributed by atoms with Gasteiger partial charge in [0.25, 0.3) is 5.91 Å². The zero-order valence-corrected chi connectivity index (χ0v) is 11.5. The first-order valence-electron chi connectivity index (χ1n) is 6.47. The fourth-order valence-corrected chi connectivity index (χ4v) is 1.91. The van der Waals surface area contributed by atoms with E-state index in [0.717, 1.165) is 0 Å². The zero-order valence-electron chi connectivity index (χ0n) is 11.5. The van der Waals surface area contributed by atoms with Crippen LogP contribution < -0.4 is 10.6 Å². The molecule has 0 aliphatic rings. The molecule has 2 rings (SSSR count). The Morgan fingerprint density at radius 1 is 1.33 bits per heavy atom. The maximum absolute atomic E-state index is 13.6. The summed E-state index contributed by atoms with van der Waals surface area (Å²) in [5.41, 5.74) is 0.558. The van der Waals surface area contributed by atoms with E-state index >= 15 is 0 Å². The number of carbonyl (C=O) groups is 1. The number of rotatable bonds is 5. The molecule has 0 bridgehead atoms. The number of nitrogens with one attached hydrogen (secondary N) is 2. The topological polar surface area (TPSA) is 74.2 Å². The van der Waals surface area contributed by atoms with Gasteiger partial charge in [0.15, 0.2) is 0 Å². The molecule has 6 heteroatoms. The van der Waals surface area contributed by atoms with Gasteiger partial charge in [-0.2, -0.15) is 0 Å². The van der Waals surface area contributed by atoms with Crippen LogP contribution in [0.3, 0.4) is 0 Å². The SMILES string of the molecule is CNC(=O)c1cccnc1NCC(O)c1ccccc1F. The van der Waals surface area contributed by atoms with Gasteiger partial charge < -0.3 is 15.7 Å². The molecule has 1 atom stereocenters. The van der Waals surface area contributed by atoms with Crippen molar-refractivity contribution in [1.82, 2.24) is 10.3 Å². The molecule has 1 unspecified atom stereocenters. The third-order valence-corrected chi connectivity index (χ3v) is 3.01. The summed E-state index contributed by atoms with van der Waals surface area (Å²) in [6.07, 6.45) is 0.496. The summed E-state index contributed by atoms with van der Waals surface area (Å²) < 4.78 is 13.6. The Kier molecular flexibility index (Phi) is 4.84. The van der Waals surface area contributed by atoms with Crippen LogP contribution in [0.25, 0.3) is 0 Å². The molecular weight excluding hydrogens is 273 g/mol. The van der Waals surface area contributed by atoms with E-state index in [0.29, 0.717) is 11.4 Å². The lowest BCUT2D eigenvalue weighted by Gasteiger charge is -2.15. The largest absolute Gasteiger partial charge is 0.386 e. The normalized spacial score (nSPS) is 11.8. The zero-order chi connectivity index (χ0) is 15.2. The molecule has 1 aromatic carbocycles. The van der Waals surface area contributed by atoms with Gasteiger partial charge >= 0.3 is 0 Å². The predicted octanol–water partition coefficient (Wildman–Crippen LogP) is 1.73. The number of anilines is 1. The van der Waals surface area contributed by atoms with Gasteiger partial charge in [0, 0.05) is 25.4 Å². The van der Waals surface area contributed by atoms with E-state index in [1.54, 1.807) is 24.3 Å². The van der Waals surface area contributed by atoms with Crippen molar-refractivity contribution in [2.24, 2.45) is 0 Å². The minimum atomic E-state index is -1.04. The van der Waals surface area contributed by atoms with Crippen molar-refractivity contribution in [3.05, 3.63) is 59.5 Å². The molecule has 2 aromatic rings. The van der Waals surface area contributed by atoms with Gasteiger partial charge in [0.05, 0.1) is 11.7 Å². The minimum absolute atomic E-state index is 0.0436. The van der Waals surface area contributed by atoms with Crippen LogP contribution in [-0.2, 0) is 0 Å². The molecule has 0 aliphatic heterocycles. The van der Waals surface area contributed by atoms with Crippen LogP contribution in [0.2, 0.25) is 0 Å². The highest BCUT2D eigenvalue weighted by Crippen LogP contribution is 2.18. The second kappa shape index (κ2) is 6.81. The lowest BCUT2D eigenvalue weighted by Crippen LogP contribution is -2.22. The third kappa shape index (κ3) is 3.55. The first kappa shape index (κ1) is 14.9. The van der Waals surface area contributed by atoms with Gasteiger partial charge in [0.1, 0.15) is 11.6 Å². The van der Waals surface area contributed by atoms with Crippen molar-refractivity contribution in [3.63, 3.8) is 0 Å². The lowest BCUT2D eigenvalue weighted by molar-refractivity contribution is 0.0963. The van der Waals surface area contributed by atoms with Crippen LogP contribution in [-0.4, -0.2) is 29.6 Å². The molecular formula is C15H16FN3O2. The van der Waals surface area contributed by atoms with E-state index in [1.807, 2.05) is 0 Å². The van der Waals surface area contributed by atoms with Crippen molar-refractivity contribution in [2.75, 3.05) is 18.9 Å². The summed E-state index contributed by atoms with van der Waals surface area (Å²) >= 11 is 0. The summed E-state index contributed by atoms with van der Waals surface area (Å²) in [6, 6.07) is 9.27. The van der Waals surface area contributed by atoms with E-state index in [9.17, 15) is 14.3 Å². The van der Waals surface area contributed by atoms with Crippen molar-refractivity contribution >= 4 is 11.7 Å². The first-order valence-corrected chi connectivity index (χ1v) is 6.47. The number of aromatic nitrogens is 1. The number of aliphatic hydroxyl groups is 1. The molecule has 0 spiro atoms. The molecule has 0 radical (unpaired) electrons. The average Bonchev–Trinajstić information content (AvgIpc) is 2.52. The van der Waals surface area contributed by atoms with Crippen LogP contribution in [0.15, 0.2) is 42.6 Å². The van der Waals surface area contributed by atoms with Crippen LogP contribution in [0, 0.1) is 5.82 Å². The first-order chi connectivity index (χ1) is 10.1. The molecule has 0 saturated heterocycles. The third-order valence-electron chi connectivity index (χ3n) is 3.01. The average molecular weight is 289 g/mol. The lowest BCUT2D eigenvalue weighted by atomic mass is 10.1. The number of pyridine rings is 1. The molecule has 3 N–H and O–H groups in total. The van der Waals surface area contributed by atoms with E-state index in [4.69, 9.17) is 0 Å². The molecule has 110 valence electrons. The molecule has 1 heterocycles. The monoisotopic (exact) mass is 289 g/mol. The molecule has 0 saturated carbocycles. The number of halogens is 1. The molecule has 5 nitrogen and oxygen atoms in total. The maximum Gasteiger partial charge on any atom is 0.254 e. The van der Waals surface area contributed by atoms with Gasteiger partial charge in [-0.15, -0.1) is 0 Å².